The van der Waals surface area contributed by atoms with Gasteiger partial charge < -0.3 is 5.32 Å². The summed E-state index contributed by atoms with van der Waals surface area (Å²) in [4.78, 5) is 10.8. The summed E-state index contributed by atoms with van der Waals surface area (Å²) in [6.07, 6.45) is -0.531. The first-order valence-electron chi connectivity index (χ1n) is 3.86. The zero-order valence-electron chi connectivity index (χ0n) is 7.35. The Kier molecular flexibility index (Phi) is 3.29. The van der Waals surface area contributed by atoms with Crippen LogP contribution in [0.5, 0.6) is 0 Å². The van der Waals surface area contributed by atoms with Crippen LogP contribution in [0.3, 0.4) is 0 Å². The zero-order valence-corrected chi connectivity index (χ0v) is 7.35. The Morgan fingerprint density at radius 1 is 1.33 bits per heavy atom. The van der Waals surface area contributed by atoms with Crippen molar-refractivity contribution >= 4 is 11.6 Å². The Morgan fingerprint density at radius 3 is 2.33 bits per heavy atom. The van der Waals surface area contributed by atoms with Crippen LogP contribution in [0.2, 0.25) is 0 Å². The molecule has 1 N–H and O–H groups in total. The number of carbonyl (C=O) groups is 1. The fraction of sp³-hybridized carbons (Fsp3) is 0.111. The van der Waals surface area contributed by atoms with E-state index in [0.717, 1.165) is 0 Å². The molecule has 0 unspecified atom stereocenters. The Hall–Kier alpha value is -2.03. The molecule has 0 radical (unpaired) electrons. The molecule has 0 aromatic heterocycles. The first kappa shape index (κ1) is 11.0. The molecule has 0 fully saturated rings. The van der Waals surface area contributed by atoms with Crippen molar-refractivity contribution in [1.82, 2.24) is 0 Å². The van der Waals surface area contributed by atoms with Crippen molar-refractivity contribution in [2.24, 2.45) is 0 Å². The van der Waals surface area contributed by atoms with Gasteiger partial charge in [0.05, 0.1) is 6.07 Å². The van der Waals surface area contributed by atoms with Crippen molar-refractivity contribution in [3.63, 3.8) is 0 Å². The van der Waals surface area contributed by atoms with E-state index >= 15 is 0 Å². The van der Waals surface area contributed by atoms with Crippen LogP contribution in [0.4, 0.5) is 18.9 Å². The molecule has 6 heteroatoms. The van der Waals surface area contributed by atoms with Crippen molar-refractivity contribution in [1.29, 1.82) is 5.26 Å². The average Bonchev–Trinajstić information content (AvgIpc) is 2.11. The highest BCUT2D eigenvalue weighted by atomic mass is 19.1. The van der Waals surface area contributed by atoms with Gasteiger partial charge in [0, 0.05) is 12.1 Å². The standard InChI is InChI=1S/C9H5F3N2O/c10-5-3-6(11)9(7(12)4-5)14-8(15)1-2-13/h3-4H,1H2,(H,14,15). The van der Waals surface area contributed by atoms with Gasteiger partial charge in [-0.05, 0) is 0 Å². The van der Waals surface area contributed by atoms with Crippen LogP contribution in [-0.2, 0) is 4.79 Å². The number of anilines is 1. The third kappa shape index (κ3) is 2.71. The van der Waals surface area contributed by atoms with E-state index in [1.165, 1.54) is 6.07 Å². The van der Waals surface area contributed by atoms with Crippen LogP contribution in [0.15, 0.2) is 12.1 Å². The molecule has 3 nitrogen and oxygen atoms in total. The Balaban J connectivity index is 2.96. The van der Waals surface area contributed by atoms with E-state index in [9.17, 15) is 18.0 Å². The van der Waals surface area contributed by atoms with E-state index < -0.39 is 35.5 Å². The molecule has 0 bridgehead atoms. The van der Waals surface area contributed by atoms with Gasteiger partial charge in [0.2, 0.25) is 5.91 Å². The van der Waals surface area contributed by atoms with Crippen LogP contribution in [-0.4, -0.2) is 5.91 Å². The maximum atomic E-state index is 12.9. The first-order chi connectivity index (χ1) is 7.04. The van der Waals surface area contributed by atoms with Crippen LogP contribution < -0.4 is 5.32 Å². The van der Waals surface area contributed by atoms with Crippen molar-refractivity contribution in [2.45, 2.75) is 6.42 Å². The number of nitrogens with one attached hydrogen (secondary N) is 1. The third-order valence-corrected chi connectivity index (χ3v) is 1.51. The first-order valence-corrected chi connectivity index (χ1v) is 3.86. The molecular weight excluding hydrogens is 209 g/mol. The quantitative estimate of drug-likeness (QED) is 0.818. The summed E-state index contributed by atoms with van der Waals surface area (Å²) in [5.41, 5.74) is -0.753. The Morgan fingerprint density at radius 2 is 1.87 bits per heavy atom. The molecule has 1 amide bonds. The van der Waals surface area contributed by atoms with Crippen molar-refractivity contribution in [3.05, 3.63) is 29.6 Å². The molecule has 78 valence electrons. The SMILES string of the molecule is N#CCC(=O)Nc1c(F)cc(F)cc1F. The summed E-state index contributed by atoms with van der Waals surface area (Å²) in [6.45, 7) is 0. The van der Waals surface area contributed by atoms with Crippen molar-refractivity contribution < 1.29 is 18.0 Å². The normalized spacial score (nSPS) is 9.47. The van der Waals surface area contributed by atoms with E-state index in [1.54, 1.807) is 0 Å². The van der Waals surface area contributed by atoms with Crippen LogP contribution in [0.25, 0.3) is 0 Å². The fourth-order valence-electron chi connectivity index (χ4n) is 0.917. The number of rotatable bonds is 2. The number of benzene rings is 1. The lowest BCUT2D eigenvalue weighted by atomic mass is 10.2. The number of hydrogen-bond acceptors (Lipinski definition) is 2. The van der Waals surface area contributed by atoms with Gasteiger partial charge in [-0.2, -0.15) is 5.26 Å². The monoisotopic (exact) mass is 214 g/mol. The van der Waals surface area contributed by atoms with Gasteiger partial charge in [0.1, 0.15) is 17.9 Å². The third-order valence-electron chi connectivity index (χ3n) is 1.51. The highest BCUT2D eigenvalue weighted by Crippen LogP contribution is 2.20. The molecule has 1 aromatic rings. The van der Waals surface area contributed by atoms with Gasteiger partial charge in [0.15, 0.2) is 11.6 Å². The molecule has 0 heterocycles. The molecule has 0 saturated heterocycles. The van der Waals surface area contributed by atoms with Crippen LogP contribution in [0.1, 0.15) is 6.42 Å². The summed E-state index contributed by atoms with van der Waals surface area (Å²) < 4.78 is 38.3. The summed E-state index contributed by atoms with van der Waals surface area (Å²) in [7, 11) is 0. The van der Waals surface area contributed by atoms with E-state index in [4.69, 9.17) is 5.26 Å². The van der Waals surface area contributed by atoms with Crippen molar-refractivity contribution in [2.75, 3.05) is 5.32 Å². The largest absolute Gasteiger partial charge is 0.320 e. The molecule has 0 aliphatic heterocycles. The van der Waals surface area contributed by atoms with Gasteiger partial charge in [-0.25, -0.2) is 13.2 Å². The lowest BCUT2D eigenvalue weighted by Gasteiger charge is -2.05. The molecule has 1 aromatic carbocycles. The summed E-state index contributed by atoms with van der Waals surface area (Å²) >= 11 is 0. The predicted octanol–water partition coefficient (Wildman–Crippen LogP) is 1.96. The molecule has 0 aliphatic rings. The topological polar surface area (TPSA) is 52.9 Å². The highest BCUT2D eigenvalue weighted by Gasteiger charge is 2.13. The smallest absolute Gasteiger partial charge is 0.238 e. The second kappa shape index (κ2) is 4.46. The molecule has 1 rings (SSSR count). The molecule has 15 heavy (non-hydrogen) atoms. The van der Waals surface area contributed by atoms with Gasteiger partial charge in [-0.15, -0.1) is 0 Å². The fourth-order valence-corrected chi connectivity index (χ4v) is 0.917. The summed E-state index contributed by atoms with van der Waals surface area (Å²) in [6, 6.07) is 2.38. The highest BCUT2D eigenvalue weighted by molar-refractivity contribution is 5.92. The summed E-state index contributed by atoms with van der Waals surface area (Å²) in [5.74, 6) is -4.39. The number of halogens is 3. The Labute approximate surface area is 83.1 Å². The van der Waals surface area contributed by atoms with Gasteiger partial charge >= 0.3 is 0 Å². The number of nitriles is 1. The van der Waals surface area contributed by atoms with E-state index in [2.05, 4.69) is 0 Å². The number of carbonyl (C=O) groups excluding carboxylic acids is 1. The van der Waals surface area contributed by atoms with Gasteiger partial charge in [-0.3, -0.25) is 4.79 Å². The number of amides is 1. The molecule has 0 spiro atoms. The minimum Gasteiger partial charge on any atom is -0.320 e. The molecule has 0 saturated carbocycles. The van der Waals surface area contributed by atoms with E-state index in [-0.39, 0.29) is 0 Å². The summed E-state index contributed by atoms with van der Waals surface area (Å²) in [5, 5.41) is 9.97. The number of nitrogens with zero attached hydrogens (tertiary/aromatic N) is 1. The maximum Gasteiger partial charge on any atom is 0.238 e. The van der Waals surface area contributed by atoms with E-state index in [0.29, 0.717) is 12.1 Å². The van der Waals surface area contributed by atoms with Crippen molar-refractivity contribution in [3.8, 4) is 6.07 Å². The lowest BCUT2D eigenvalue weighted by molar-refractivity contribution is -0.115. The average molecular weight is 214 g/mol. The lowest BCUT2D eigenvalue weighted by Crippen LogP contribution is -2.13. The second-order valence-corrected chi connectivity index (χ2v) is 2.63. The predicted molar refractivity (Wildman–Crippen MR) is 45.2 cm³/mol. The van der Waals surface area contributed by atoms with Gasteiger partial charge in [-0.1, -0.05) is 0 Å². The minimum atomic E-state index is -1.22. The van der Waals surface area contributed by atoms with Crippen LogP contribution >= 0.6 is 0 Å². The Bertz CT molecular complexity index is 416. The minimum absolute atomic E-state index is 0.436. The number of hydrogen-bond donors (Lipinski definition) is 1. The van der Waals surface area contributed by atoms with Crippen LogP contribution in [0, 0.1) is 28.8 Å². The zero-order chi connectivity index (χ0) is 11.4. The molecule has 0 aliphatic carbocycles. The maximum absolute atomic E-state index is 12.9. The molecular formula is C9H5F3N2O. The van der Waals surface area contributed by atoms with E-state index in [1.807, 2.05) is 5.32 Å². The second-order valence-electron chi connectivity index (χ2n) is 2.63. The molecule has 0 atom stereocenters. The van der Waals surface area contributed by atoms with Gasteiger partial charge in [0.25, 0.3) is 0 Å².